The van der Waals surface area contributed by atoms with Gasteiger partial charge >= 0.3 is 0 Å². The standard InChI is InChI=1S/C17H27N7/c1-3-10-23(11-4-1)21-18-14-16-8-7-9-17(20-16)15-19-22-24-12-5-2-6-13-24/h7-9,14-15,21-22H,1-6,10-13H2. The van der Waals surface area contributed by atoms with Crippen LogP contribution in [0.3, 0.4) is 0 Å². The average Bonchev–Trinajstić information content (AvgIpc) is 2.64. The molecule has 2 aliphatic rings. The molecule has 7 nitrogen and oxygen atoms in total. The Morgan fingerprint density at radius 3 is 1.67 bits per heavy atom. The molecule has 0 spiro atoms. The molecule has 2 N–H and O–H groups in total. The predicted molar refractivity (Wildman–Crippen MR) is 96.5 cm³/mol. The van der Waals surface area contributed by atoms with E-state index in [2.05, 4.69) is 36.3 Å². The number of hydrazine groups is 2. The monoisotopic (exact) mass is 329 g/mol. The maximum absolute atomic E-state index is 4.52. The summed E-state index contributed by atoms with van der Waals surface area (Å²) in [7, 11) is 0. The fourth-order valence-electron chi connectivity index (χ4n) is 2.95. The molecule has 0 unspecified atom stereocenters. The van der Waals surface area contributed by atoms with Gasteiger partial charge in [-0.1, -0.05) is 18.9 Å². The zero-order valence-electron chi connectivity index (χ0n) is 14.2. The summed E-state index contributed by atoms with van der Waals surface area (Å²) in [5, 5.41) is 12.9. The second kappa shape index (κ2) is 9.34. The van der Waals surface area contributed by atoms with Crippen LogP contribution >= 0.6 is 0 Å². The highest BCUT2D eigenvalue weighted by Crippen LogP contribution is 2.06. The molecule has 0 aromatic carbocycles. The van der Waals surface area contributed by atoms with E-state index in [1.807, 2.05) is 18.2 Å². The maximum atomic E-state index is 4.52. The lowest BCUT2D eigenvalue weighted by atomic mass is 10.2. The number of hydrazone groups is 2. The molecule has 0 saturated carbocycles. The Balaban J connectivity index is 1.47. The molecule has 2 aliphatic heterocycles. The normalized spacial score (nSPS) is 20.7. The van der Waals surface area contributed by atoms with Crippen LogP contribution in [0.4, 0.5) is 0 Å². The largest absolute Gasteiger partial charge is 0.246 e. The van der Waals surface area contributed by atoms with Gasteiger partial charge < -0.3 is 0 Å². The van der Waals surface area contributed by atoms with Crippen LogP contribution in [0.2, 0.25) is 0 Å². The van der Waals surface area contributed by atoms with Gasteiger partial charge in [-0.15, -0.1) is 0 Å². The van der Waals surface area contributed by atoms with Gasteiger partial charge in [0.25, 0.3) is 0 Å². The van der Waals surface area contributed by atoms with E-state index in [9.17, 15) is 0 Å². The zero-order chi connectivity index (χ0) is 16.5. The summed E-state index contributed by atoms with van der Waals surface area (Å²) in [6, 6.07) is 5.85. The molecule has 2 fully saturated rings. The molecule has 1 aromatic rings. The minimum absolute atomic E-state index is 0.821. The Hall–Kier alpha value is -1.99. The number of hydrogen-bond acceptors (Lipinski definition) is 7. The van der Waals surface area contributed by atoms with Crippen LogP contribution in [0, 0.1) is 0 Å². The summed E-state index contributed by atoms with van der Waals surface area (Å²) in [4.78, 5) is 4.52. The van der Waals surface area contributed by atoms with E-state index in [1.165, 1.54) is 38.5 Å². The van der Waals surface area contributed by atoms with Crippen LogP contribution in [0.15, 0.2) is 28.4 Å². The zero-order valence-corrected chi connectivity index (χ0v) is 14.2. The Labute approximate surface area is 143 Å². The molecule has 1 aromatic heterocycles. The predicted octanol–water partition coefficient (Wildman–Crippen LogP) is 1.73. The van der Waals surface area contributed by atoms with Crippen LogP contribution in [-0.4, -0.2) is 53.6 Å². The number of rotatable bonds is 6. The first kappa shape index (κ1) is 16.9. The highest BCUT2D eigenvalue weighted by molar-refractivity contribution is 5.81. The average molecular weight is 329 g/mol. The summed E-state index contributed by atoms with van der Waals surface area (Å²) in [6.07, 6.45) is 11.1. The summed E-state index contributed by atoms with van der Waals surface area (Å²) in [6.45, 7) is 4.22. The molecule has 2 saturated heterocycles. The van der Waals surface area contributed by atoms with Crippen molar-refractivity contribution >= 4 is 12.4 Å². The van der Waals surface area contributed by atoms with Crippen molar-refractivity contribution in [2.45, 2.75) is 38.5 Å². The van der Waals surface area contributed by atoms with Gasteiger partial charge in [-0.2, -0.15) is 10.2 Å². The molecule has 24 heavy (non-hydrogen) atoms. The number of pyridine rings is 1. The number of piperidine rings is 2. The number of hydrogen-bond donors (Lipinski definition) is 2. The summed E-state index contributed by atoms with van der Waals surface area (Å²) < 4.78 is 0. The van der Waals surface area contributed by atoms with Crippen molar-refractivity contribution in [2.24, 2.45) is 10.2 Å². The van der Waals surface area contributed by atoms with E-state index in [0.717, 1.165) is 37.6 Å². The van der Waals surface area contributed by atoms with Gasteiger partial charge in [-0.3, -0.25) is 0 Å². The summed E-state index contributed by atoms with van der Waals surface area (Å²) in [5.41, 5.74) is 7.81. The van der Waals surface area contributed by atoms with E-state index < -0.39 is 0 Å². The third-order valence-corrected chi connectivity index (χ3v) is 4.30. The highest BCUT2D eigenvalue weighted by atomic mass is 15.7. The summed E-state index contributed by atoms with van der Waals surface area (Å²) in [5.74, 6) is 0. The lowest BCUT2D eigenvalue weighted by Gasteiger charge is -2.24. The van der Waals surface area contributed by atoms with Gasteiger partial charge in [0.1, 0.15) is 0 Å². The van der Waals surface area contributed by atoms with Crippen LogP contribution in [0.5, 0.6) is 0 Å². The van der Waals surface area contributed by atoms with Gasteiger partial charge in [-0.25, -0.2) is 26.1 Å². The van der Waals surface area contributed by atoms with Crippen LogP contribution < -0.4 is 11.1 Å². The van der Waals surface area contributed by atoms with E-state index in [4.69, 9.17) is 0 Å². The van der Waals surface area contributed by atoms with Crippen molar-refractivity contribution < 1.29 is 0 Å². The Bertz CT molecular complexity index is 500. The lowest BCUT2D eigenvalue weighted by molar-refractivity contribution is 0.158. The van der Waals surface area contributed by atoms with Crippen molar-refractivity contribution in [3.63, 3.8) is 0 Å². The molecule has 3 rings (SSSR count). The Kier molecular flexibility index (Phi) is 6.56. The molecule has 130 valence electrons. The smallest absolute Gasteiger partial charge is 0.0838 e. The lowest BCUT2D eigenvalue weighted by Crippen LogP contribution is -2.38. The van der Waals surface area contributed by atoms with E-state index >= 15 is 0 Å². The molecule has 3 heterocycles. The number of aromatic nitrogens is 1. The highest BCUT2D eigenvalue weighted by Gasteiger charge is 2.08. The van der Waals surface area contributed by atoms with Gasteiger partial charge in [0.2, 0.25) is 0 Å². The number of nitrogens with zero attached hydrogens (tertiary/aromatic N) is 5. The second-order valence-electron chi connectivity index (χ2n) is 6.30. The minimum Gasteiger partial charge on any atom is -0.246 e. The molecule has 0 amide bonds. The minimum atomic E-state index is 0.821. The van der Waals surface area contributed by atoms with Gasteiger partial charge in [0, 0.05) is 26.2 Å². The molecular formula is C17H27N7. The van der Waals surface area contributed by atoms with Crippen LogP contribution in [0.1, 0.15) is 49.9 Å². The third-order valence-electron chi connectivity index (χ3n) is 4.30. The van der Waals surface area contributed by atoms with E-state index in [1.54, 1.807) is 12.4 Å². The van der Waals surface area contributed by atoms with E-state index in [-0.39, 0.29) is 0 Å². The van der Waals surface area contributed by atoms with Crippen molar-refractivity contribution in [2.75, 3.05) is 26.2 Å². The fourth-order valence-corrected chi connectivity index (χ4v) is 2.95. The summed E-state index contributed by atoms with van der Waals surface area (Å²) >= 11 is 0. The van der Waals surface area contributed by atoms with Crippen molar-refractivity contribution in [3.8, 4) is 0 Å². The van der Waals surface area contributed by atoms with Crippen LogP contribution in [-0.2, 0) is 0 Å². The van der Waals surface area contributed by atoms with Gasteiger partial charge in [0.15, 0.2) is 0 Å². The molecule has 7 heteroatoms. The first-order valence-electron chi connectivity index (χ1n) is 8.94. The molecule has 0 bridgehead atoms. The first-order valence-corrected chi connectivity index (χ1v) is 8.94. The van der Waals surface area contributed by atoms with Crippen molar-refractivity contribution in [3.05, 3.63) is 29.6 Å². The number of nitrogens with one attached hydrogen (secondary N) is 2. The maximum Gasteiger partial charge on any atom is 0.0838 e. The topological polar surface area (TPSA) is 68.2 Å². The Morgan fingerprint density at radius 2 is 1.21 bits per heavy atom. The molecule has 0 radical (unpaired) electrons. The first-order chi connectivity index (χ1) is 11.9. The Morgan fingerprint density at radius 1 is 0.750 bits per heavy atom. The second-order valence-corrected chi connectivity index (χ2v) is 6.30. The fraction of sp³-hybridized carbons (Fsp3) is 0.588. The third kappa shape index (κ3) is 5.58. The van der Waals surface area contributed by atoms with E-state index in [0.29, 0.717) is 0 Å². The van der Waals surface area contributed by atoms with Crippen molar-refractivity contribution in [1.82, 2.24) is 26.1 Å². The molecular weight excluding hydrogens is 302 g/mol. The van der Waals surface area contributed by atoms with Gasteiger partial charge in [0.05, 0.1) is 23.8 Å². The molecule has 0 atom stereocenters. The van der Waals surface area contributed by atoms with Crippen LogP contribution in [0.25, 0.3) is 0 Å². The quantitative estimate of drug-likeness (QED) is 0.614. The SMILES string of the molecule is C(=NNN1CCCCC1)c1cccc(C=NNN2CCCCC2)n1. The molecule has 0 aliphatic carbocycles. The van der Waals surface area contributed by atoms with Crippen molar-refractivity contribution in [1.29, 1.82) is 0 Å². The van der Waals surface area contributed by atoms with Gasteiger partial charge in [-0.05, 0) is 37.8 Å².